The molecule has 1 nitrogen and oxygen atoms in total. The SMILES string of the molecule is CC(C)(C)c1cc(CCl)c2c(Cl)cc(Cl)cc2n1. The molecule has 0 unspecified atom stereocenters. The van der Waals surface area contributed by atoms with Crippen LogP contribution < -0.4 is 0 Å². The predicted octanol–water partition coefficient (Wildman–Crippen LogP) is 5.58. The second-order valence-corrected chi connectivity index (χ2v) is 6.44. The summed E-state index contributed by atoms with van der Waals surface area (Å²) in [4.78, 5) is 4.65. The van der Waals surface area contributed by atoms with E-state index < -0.39 is 0 Å². The van der Waals surface area contributed by atoms with E-state index in [1.165, 1.54) is 0 Å². The highest BCUT2D eigenvalue weighted by Gasteiger charge is 2.18. The normalized spacial score (nSPS) is 12.1. The molecule has 96 valence electrons. The molecule has 0 bridgehead atoms. The van der Waals surface area contributed by atoms with Gasteiger partial charge in [0.1, 0.15) is 0 Å². The van der Waals surface area contributed by atoms with E-state index in [0.717, 1.165) is 22.2 Å². The molecule has 4 heteroatoms. The number of rotatable bonds is 1. The Hall–Kier alpha value is -0.500. The van der Waals surface area contributed by atoms with E-state index in [1.807, 2.05) is 12.1 Å². The molecule has 0 saturated heterocycles. The van der Waals surface area contributed by atoms with Crippen molar-refractivity contribution in [3.8, 4) is 0 Å². The molecule has 1 aromatic carbocycles. The minimum absolute atomic E-state index is 0.0379. The number of halogens is 3. The standard InChI is InChI=1S/C14H14Cl3N/c1-14(2,3)12-4-8(7-15)13-10(17)5-9(16)6-11(13)18-12/h4-6H,7H2,1-3H3. The van der Waals surface area contributed by atoms with Crippen molar-refractivity contribution >= 4 is 45.7 Å². The third-order valence-corrected chi connectivity index (χ3v) is 3.62. The summed E-state index contributed by atoms with van der Waals surface area (Å²) in [6.07, 6.45) is 0. The van der Waals surface area contributed by atoms with Crippen molar-refractivity contribution in [2.24, 2.45) is 0 Å². The fraction of sp³-hybridized carbons (Fsp3) is 0.357. The molecule has 0 aliphatic carbocycles. The lowest BCUT2D eigenvalue weighted by atomic mass is 9.90. The third-order valence-electron chi connectivity index (χ3n) is 2.82. The van der Waals surface area contributed by atoms with Crippen molar-refractivity contribution in [1.29, 1.82) is 0 Å². The molecule has 2 aromatic rings. The van der Waals surface area contributed by atoms with E-state index >= 15 is 0 Å². The number of alkyl halides is 1. The van der Waals surface area contributed by atoms with Crippen LogP contribution in [0.15, 0.2) is 18.2 Å². The Bertz CT molecular complexity index is 600. The summed E-state index contributed by atoms with van der Waals surface area (Å²) in [5, 5.41) is 2.08. The minimum Gasteiger partial charge on any atom is -0.252 e. The van der Waals surface area contributed by atoms with Crippen LogP contribution in [0, 0.1) is 0 Å². The van der Waals surface area contributed by atoms with E-state index in [-0.39, 0.29) is 5.41 Å². The van der Waals surface area contributed by atoms with Gasteiger partial charge in [0.25, 0.3) is 0 Å². The first-order valence-electron chi connectivity index (χ1n) is 5.68. The highest BCUT2D eigenvalue weighted by Crippen LogP contribution is 2.33. The first-order valence-corrected chi connectivity index (χ1v) is 6.97. The average molecular weight is 303 g/mol. The molecule has 18 heavy (non-hydrogen) atoms. The van der Waals surface area contributed by atoms with E-state index in [4.69, 9.17) is 34.8 Å². The fourth-order valence-corrected chi connectivity index (χ4v) is 2.67. The van der Waals surface area contributed by atoms with Crippen molar-refractivity contribution in [2.45, 2.75) is 32.1 Å². The van der Waals surface area contributed by atoms with Gasteiger partial charge in [0, 0.05) is 27.4 Å². The Morgan fingerprint density at radius 3 is 2.33 bits per heavy atom. The van der Waals surface area contributed by atoms with Gasteiger partial charge >= 0.3 is 0 Å². The maximum absolute atomic E-state index is 6.23. The van der Waals surface area contributed by atoms with Gasteiger partial charge in [-0.25, -0.2) is 0 Å². The Balaban J connectivity index is 2.84. The maximum atomic E-state index is 6.23. The van der Waals surface area contributed by atoms with Crippen LogP contribution in [0.5, 0.6) is 0 Å². The lowest BCUT2D eigenvalue weighted by Gasteiger charge is -2.20. The van der Waals surface area contributed by atoms with E-state index in [9.17, 15) is 0 Å². The first kappa shape index (κ1) is 13.9. The largest absolute Gasteiger partial charge is 0.252 e. The Kier molecular flexibility index (Phi) is 3.77. The van der Waals surface area contributed by atoms with E-state index in [2.05, 4.69) is 25.8 Å². The second-order valence-electron chi connectivity index (χ2n) is 5.33. The molecular formula is C14H14Cl3N. The lowest BCUT2D eigenvalue weighted by Crippen LogP contribution is -2.14. The molecule has 0 saturated carbocycles. The van der Waals surface area contributed by atoms with Crippen LogP contribution in [0.1, 0.15) is 32.0 Å². The number of hydrogen-bond acceptors (Lipinski definition) is 1. The highest BCUT2D eigenvalue weighted by molar-refractivity contribution is 6.39. The van der Waals surface area contributed by atoms with Gasteiger partial charge in [-0.3, -0.25) is 4.98 Å². The summed E-state index contributed by atoms with van der Waals surface area (Å²) in [6, 6.07) is 5.57. The second kappa shape index (κ2) is 4.88. The van der Waals surface area contributed by atoms with Crippen LogP contribution in [0.2, 0.25) is 10.0 Å². The molecule has 0 N–H and O–H groups in total. The Morgan fingerprint density at radius 1 is 1.11 bits per heavy atom. The number of aromatic nitrogens is 1. The van der Waals surface area contributed by atoms with Crippen LogP contribution in [-0.2, 0) is 11.3 Å². The van der Waals surface area contributed by atoms with Crippen molar-refractivity contribution < 1.29 is 0 Å². The Labute approximate surface area is 122 Å². The zero-order valence-corrected chi connectivity index (χ0v) is 12.8. The molecule has 0 radical (unpaired) electrons. The molecule has 0 aliphatic heterocycles. The zero-order chi connectivity index (χ0) is 13.5. The van der Waals surface area contributed by atoms with Crippen LogP contribution >= 0.6 is 34.8 Å². The third kappa shape index (κ3) is 2.59. The van der Waals surface area contributed by atoms with Crippen molar-refractivity contribution in [2.75, 3.05) is 0 Å². The quantitative estimate of drug-likeness (QED) is 0.627. The van der Waals surface area contributed by atoms with Crippen LogP contribution in [0.4, 0.5) is 0 Å². The predicted molar refractivity (Wildman–Crippen MR) is 80.0 cm³/mol. The molecular weight excluding hydrogens is 289 g/mol. The van der Waals surface area contributed by atoms with Crippen LogP contribution in [0.25, 0.3) is 10.9 Å². The fourth-order valence-electron chi connectivity index (χ4n) is 1.85. The number of nitrogens with zero attached hydrogens (tertiary/aromatic N) is 1. The van der Waals surface area contributed by atoms with Gasteiger partial charge < -0.3 is 0 Å². The van der Waals surface area contributed by atoms with Gasteiger partial charge in [-0.2, -0.15) is 0 Å². The number of fused-ring (bicyclic) bond motifs is 1. The molecule has 0 spiro atoms. The van der Waals surface area contributed by atoms with Crippen molar-refractivity contribution in [3.63, 3.8) is 0 Å². The Morgan fingerprint density at radius 2 is 1.78 bits per heavy atom. The molecule has 2 rings (SSSR count). The minimum atomic E-state index is -0.0379. The first-order chi connectivity index (χ1) is 8.32. The monoisotopic (exact) mass is 301 g/mol. The summed E-state index contributed by atoms with van der Waals surface area (Å²) >= 11 is 18.3. The van der Waals surface area contributed by atoms with Gasteiger partial charge in [-0.05, 0) is 23.8 Å². The smallest absolute Gasteiger partial charge is 0.0738 e. The summed E-state index contributed by atoms with van der Waals surface area (Å²) < 4.78 is 0. The number of pyridine rings is 1. The van der Waals surface area contributed by atoms with Crippen LogP contribution in [-0.4, -0.2) is 4.98 Å². The summed E-state index contributed by atoms with van der Waals surface area (Å²) in [6.45, 7) is 6.35. The van der Waals surface area contributed by atoms with Crippen molar-refractivity contribution in [1.82, 2.24) is 4.98 Å². The topological polar surface area (TPSA) is 12.9 Å². The van der Waals surface area contributed by atoms with Gasteiger partial charge in [0.15, 0.2) is 0 Å². The van der Waals surface area contributed by atoms with Gasteiger partial charge in [-0.15, -0.1) is 11.6 Å². The van der Waals surface area contributed by atoms with Crippen molar-refractivity contribution in [3.05, 3.63) is 39.5 Å². The summed E-state index contributed by atoms with van der Waals surface area (Å²) in [7, 11) is 0. The van der Waals surface area contributed by atoms with Gasteiger partial charge in [0.05, 0.1) is 10.5 Å². The summed E-state index contributed by atoms with van der Waals surface area (Å²) in [5.74, 6) is 0.406. The number of benzene rings is 1. The molecule has 1 aromatic heterocycles. The van der Waals surface area contributed by atoms with E-state index in [1.54, 1.807) is 6.07 Å². The zero-order valence-electron chi connectivity index (χ0n) is 10.5. The van der Waals surface area contributed by atoms with Gasteiger partial charge in [-0.1, -0.05) is 44.0 Å². The number of hydrogen-bond donors (Lipinski definition) is 0. The van der Waals surface area contributed by atoms with Gasteiger partial charge in [0.2, 0.25) is 0 Å². The highest BCUT2D eigenvalue weighted by atomic mass is 35.5. The maximum Gasteiger partial charge on any atom is 0.0738 e. The molecule has 0 fully saturated rings. The molecule has 1 heterocycles. The molecule has 0 atom stereocenters. The molecule has 0 aliphatic rings. The van der Waals surface area contributed by atoms with E-state index in [0.29, 0.717) is 15.9 Å². The lowest BCUT2D eigenvalue weighted by molar-refractivity contribution is 0.571. The molecule has 0 amide bonds. The average Bonchev–Trinajstić information content (AvgIpc) is 2.25. The summed E-state index contributed by atoms with van der Waals surface area (Å²) in [5.41, 5.74) is 2.75. The van der Waals surface area contributed by atoms with Crippen LogP contribution in [0.3, 0.4) is 0 Å².